The molecule has 2 aliphatic rings. The number of nitrogens with one attached hydrogen (secondary N) is 2. The standard InChI is InChI=1S/C27H29F3N2O6/c1-25(2,7-8-36-14-17(34)13-33)23-10-15-9-20(18(28)12-19(15)31-23)32-24(35)26(5-6-26)16-3-4-21-22(11-16)38-27(29,30)37-21/h3-4,9-12,17,31,33-34H,5-8,13-14H2,1-2H3,(H,32,35). The molecule has 1 aliphatic carbocycles. The highest BCUT2D eigenvalue weighted by Gasteiger charge is 2.53. The lowest BCUT2D eigenvalue weighted by atomic mass is 9.86. The number of hydrogen-bond donors (Lipinski definition) is 4. The minimum absolute atomic E-state index is 0.0192. The number of carbonyl (C=O) groups excluding carboxylic acids is 1. The van der Waals surface area contributed by atoms with E-state index in [-0.39, 0.29) is 35.8 Å². The summed E-state index contributed by atoms with van der Waals surface area (Å²) in [6, 6.07) is 9.03. The molecule has 1 saturated carbocycles. The molecule has 1 unspecified atom stereocenters. The average Bonchev–Trinajstić information content (AvgIpc) is 3.47. The molecule has 2 heterocycles. The van der Waals surface area contributed by atoms with Crippen molar-refractivity contribution in [1.29, 1.82) is 0 Å². The Morgan fingerprint density at radius 2 is 1.92 bits per heavy atom. The number of rotatable bonds is 10. The normalized spacial score (nSPS) is 18.0. The number of aliphatic hydroxyl groups excluding tert-OH is 2. The van der Waals surface area contributed by atoms with Crippen LogP contribution in [0.1, 0.15) is 44.4 Å². The number of halogens is 3. The van der Waals surface area contributed by atoms with Gasteiger partial charge in [0.2, 0.25) is 5.91 Å². The second-order valence-electron chi connectivity index (χ2n) is 10.5. The van der Waals surface area contributed by atoms with Gasteiger partial charge in [-0.2, -0.15) is 0 Å². The fourth-order valence-electron chi connectivity index (χ4n) is 4.61. The van der Waals surface area contributed by atoms with Gasteiger partial charge >= 0.3 is 6.29 Å². The predicted molar refractivity (Wildman–Crippen MR) is 132 cm³/mol. The maximum absolute atomic E-state index is 15.0. The van der Waals surface area contributed by atoms with Crippen molar-refractivity contribution in [2.75, 3.05) is 25.1 Å². The van der Waals surface area contributed by atoms with Crippen LogP contribution in [0.2, 0.25) is 0 Å². The van der Waals surface area contributed by atoms with Gasteiger partial charge in [0.15, 0.2) is 11.5 Å². The van der Waals surface area contributed by atoms with Crippen LogP contribution in [0.5, 0.6) is 11.5 Å². The Labute approximate surface area is 216 Å². The molecule has 0 saturated heterocycles. The fraction of sp³-hybridized carbons (Fsp3) is 0.444. The van der Waals surface area contributed by atoms with Gasteiger partial charge in [-0.15, -0.1) is 8.78 Å². The molecule has 2 aromatic carbocycles. The number of amides is 1. The first-order chi connectivity index (χ1) is 17.9. The summed E-state index contributed by atoms with van der Waals surface area (Å²) < 4.78 is 56.2. The third-order valence-corrected chi connectivity index (χ3v) is 7.22. The maximum atomic E-state index is 15.0. The van der Waals surface area contributed by atoms with E-state index in [1.807, 2.05) is 19.9 Å². The number of aromatic nitrogens is 1. The number of hydrogen-bond acceptors (Lipinski definition) is 6. The van der Waals surface area contributed by atoms with Crippen LogP contribution in [0.15, 0.2) is 36.4 Å². The number of benzene rings is 2. The third kappa shape index (κ3) is 5.05. The van der Waals surface area contributed by atoms with Crippen molar-refractivity contribution in [3.05, 3.63) is 53.5 Å². The molecular weight excluding hydrogens is 505 g/mol. The largest absolute Gasteiger partial charge is 0.586 e. The van der Waals surface area contributed by atoms with Crippen LogP contribution in [0.3, 0.4) is 0 Å². The van der Waals surface area contributed by atoms with Gasteiger partial charge < -0.3 is 34.7 Å². The van der Waals surface area contributed by atoms with E-state index in [2.05, 4.69) is 19.8 Å². The van der Waals surface area contributed by atoms with Crippen molar-refractivity contribution >= 4 is 22.5 Å². The first-order valence-electron chi connectivity index (χ1n) is 12.3. The van der Waals surface area contributed by atoms with Crippen molar-refractivity contribution in [2.24, 2.45) is 0 Å². The smallest absolute Gasteiger partial charge is 0.395 e. The lowest BCUT2D eigenvalue weighted by Crippen LogP contribution is -2.28. The summed E-state index contributed by atoms with van der Waals surface area (Å²) in [5.41, 5.74) is 0.598. The van der Waals surface area contributed by atoms with Crippen LogP contribution < -0.4 is 14.8 Å². The fourth-order valence-corrected chi connectivity index (χ4v) is 4.61. The molecule has 0 spiro atoms. The molecule has 1 atom stereocenters. The second kappa shape index (κ2) is 9.48. The van der Waals surface area contributed by atoms with E-state index in [0.29, 0.717) is 42.3 Å². The third-order valence-electron chi connectivity index (χ3n) is 7.22. The predicted octanol–water partition coefficient (Wildman–Crippen LogP) is 4.34. The van der Waals surface area contributed by atoms with Gasteiger partial charge in [-0.05, 0) is 49.1 Å². The Bertz CT molecular complexity index is 1370. The summed E-state index contributed by atoms with van der Waals surface area (Å²) in [7, 11) is 0. The van der Waals surface area contributed by atoms with Crippen molar-refractivity contribution < 1.29 is 42.4 Å². The van der Waals surface area contributed by atoms with Gasteiger partial charge in [0, 0.05) is 34.7 Å². The highest BCUT2D eigenvalue weighted by Crippen LogP contribution is 2.52. The highest BCUT2D eigenvalue weighted by atomic mass is 19.3. The molecule has 8 nitrogen and oxygen atoms in total. The lowest BCUT2D eigenvalue weighted by Gasteiger charge is -2.23. The molecule has 1 aliphatic heterocycles. The molecule has 38 heavy (non-hydrogen) atoms. The van der Waals surface area contributed by atoms with Gasteiger partial charge in [0.1, 0.15) is 11.9 Å². The zero-order valence-electron chi connectivity index (χ0n) is 20.9. The Morgan fingerprint density at radius 3 is 2.63 bits per heavy atom. The summed E-state index contributed by atoms with van der Waals surface area (Å²) in [4.78, 5) is 16.5. The van der Waals surface area contributed by atoms with E-state index in [4.69, 9.17) is 9.84 Å². The molecule has 3 aromatic rings. The van der Waals surface area contributed by atoms with E-state index in [0.717, 1.165) is 5.69 Å². The summed E-state index contributed by atoms with van der Waals surface area (Å²) in [5, 5.41) is 21.7. The highest BCUT2D eigenvalue weighted by molar-refractivity contribution is 6.02. The quantitative estimate of drug-likeness (QED) is 0.288. The van der Waals surface area contributed by atoms with Crippen LogP contribution in [0.4, 0.5) is 18.9 Å². The van der Waals surface area contributed by atoms with Crippen LogP contribution in [-0.4, -0.2) is 53.3 Å². The number of aliphatic hydroxyl groups is 2. The maximum Gasteiger partial charge on any atom is 0.586 e. The average molecular weight is 535 g/mol. The molecule has 0 bridgehead atoms. The molecule has 11 heteroatoms. The van der Waals surface area contributed by atoms with Gasteiger partial charge in [-0.3, -0.25) is 4.79 Å². The first kappa shape index (κ1) is 26.3. The van der Waals surface area contributed by atoms with Gasteiger partial charge in [0.05, 0.1) is 24.3 Å². The number of fused-ring (bicyclic) bond motifs is 2. The Morgan fingerprint density at radius 1 is 1.18 bits per heavy atom. The van der Waals surface area contributed by atoms with Crippen LogP contribution in [0.25, 0.3) is 10.9 Å². The first-order valence-corrected chi connectivity index (χ1v) is 12.3. The van der Waals surface area contributed by atoms with Crippen molar-refractivity contribution in [3.8, 4) is 11.5 Å². The van der Waals surface area contributed by atoms with Crippen molar-refractivity contribution in [2.45, 2.75) is 56.3 Å². The Balaban J connectivity index is 1.30. The molecule has 1 amide bonds. The van der Waals surface area contributed by atoms with E-state index in [1.165, 1.54) is 18.2 Å². The molecule has 4 N–H and O–H groups in total. The number of ether oxygens (including phenoxy) is 3. The Hall–Kier alpha value is -3.28. The number of alkyl halides is 2. The topological polar surface area (TPSA) is 113 Å². The minimum atomic E-state index is -3.75. The SMILES string of the molecule is CC(C)(CCOCC(O)CO)c1cc2cc(NC(=O)C3(c4ccc5c(c4)OC(F)(F)O5)CC3)c(F)cc2[nH]1. The molecular formula is C27H29F3N2O6. The molecule has 1 fully saturated rings. The van der Waals surface area contributed by atoms with E-state index in [1.54, 1.807) is 12.1 Å². The van der Waals surface area contributed by atoms with Gasteiger partial charge in [-0.25, -0.2) is 4.39 Å². The van der Waals surface area contributed by atoms with E-state index < -0.39 is 29.5 Å². The summed E-state index contributed by atoms with van der Waals surface area (Å²) in [6.07, 6.45) is -3.10. The number of carbonyl (C=O) groups is 1. The van der Waals surface area contributed by atoms with Crippen molar-refractivity contribution in [3.63, 3.8) is 0 Å². The summed E-state index contributed by atoms with van der Waals surface area (Å²) in [6.45, 7) is 4.02. The monoisotopic (exact) mass is 534 g/mol. The lowest BCUT2D eigenvalue weighted by molar-refractivity contribution is -0.286. The molecule has 5 rings (SSSR count). The Kier molecular flexibility index (Phi) is 6.57. The summed E-state index contributed by atoms with van der Waals surface area (Å²) >= 11 is 0. The molecule has 0 radical (unpaired) electrons. The van der Waals surface area contributed by atoms with Crippen LogP contribution in [0, 0.1) is 5.82 Å². The zero-order valence-corrected chi connectivity index (χ0v) is 20.9. The van der Waals surface area contributed by atoms with Crippen LogP contribution in [-0.2, 0) is 20.4 Å². The molecule has 204 valence electrons. The van der Waals surface area contributed by atoms with Crippen molar-refractivity contribution in [1.82, 2.24) is 4.98 Å². The van der Waals surface area contributed by atoms with Gasteiger partial charge in [-0.1, -0.05) is 19.9 Å². The molecule has 1 aromatic heterocycles. The number of anilines is 1. The van der Waals surface area contributed by atoms with Gasteiger partial charge in [0.25, 0.3) is 0 Å². The number of H-pyrrole nitrogens is 1. The zero-order chi connectivity index (χ0) is 27.3. The van der Waals surface area contributed by atoms with E-state index in [9.17, 15) is 18.7 Å². The van der Waals surface area contributed by atoms with Crippen LogP contribution >= 0.6 is 0 Å². The second-order valence-corrected chi connectivity index (χ2v) is 10.5. The van der Waals surface area contributed by atoms with E-state index >= 15 is 4.39 Å². The summed E-state index contributed by atoms with van der Waals surface area (Å²) in [5.74, 6) is -1.29. The minimum Gasteiger partial charge on any atom is -0.395 e. The number of aromatic amines is 1.